The molecule has 0 amide bonds. The molecular weight excluding hydrogens is 211 g/mol. The summed E-state index contributed by atoms with van der Waals surface area (Å²) in [6, 6.07) is 0. The van der Waals surface area contributed by atoms with Crippen LogP contribution in [0.4, 0.5) is 0 Å². The highest BCUT2D eigenvalue weighted by atomic mass is 27.0. The number of rotatable bonds is 4. The first-order valence-corrected chi connectivity index (χ1v) is 3.36. The molecule has 0 saturated carbocycles. The maximum absolute atomic E-state index is 10.6. The predicted octanol–water partition coefficient (Wildman–Crippen LogP) is -4.42. The fourth-order valence-corrected chi connectivity index (χ4v) is 0.384. The fourth-order valence-electron chi connectivity index (χ4n) is 0.384. The highest BCUT2D eigenvalue weighted by molar-refractivity contribution is 5.89. The van der Waals surface area contributed by atoms with Crippen molar-refractivity contribution >= 4 is 29.3 Å². The van der Waals surface area contributed by atoms with E-state index in [1.54, 1.807) is 0 Å². The lowest BCUT2D eigenvalue weighted by molar-refractivity contribution is -0.173. The fraction of sp³-hybridized carbons (Fsp3) is 0.667. The third kappa shape index (κ3) is 5.29. The van der Waals surface area contributed by atoms with Gasteiger partial charge in [-0.2, -0.15) is 0 Å². The summed E-state index contributed by atoms with van der Waals surface area (Å²) in [6.45, 7) is -1.78. The van der Waals surface area contributed by atoms with Crippen molar-refractivity contribution in [2.24, 2.45) is 0 Å². The number of hydrogen-bond acceptors (Lipinski definition) is 7. The molecule has 0 radical (unpaired) electrons. The van der Waals surface area contributed by atoms with Gasteiger partial charge in [0.15, 0.2) is 29.6 Å². The summed E-state index contributed by atoms with van der Waals surface area (Å²) in [4.78, 5) is 21.1. The minimum absolute atomic E-state index is 0. The molecule has 0 spiro atoms. The summed E-state index contributed by atoms with van der Waals surface area (Å²) >= 11 is 0. The normalized spacial score (nSPS) is 13.7. The number of ether oxygens (including phenoxy) is 1. The summed E-state index contributed by atoms with van der Waals surface area (Å²) in [5.41, 5.74) is 0. The Labute approximate surface area is 90.1 Å². The zero-order valence-corrected chi connectivity index (χ0v) is 6.58. The van der Waals surface area contributed by atoms with Crippen molar-refractivity contribution in [3.8, 4) is 0 Å². The van der Waals surface area contributed by atoms with Gasteiger partial charge in [-0.25, -0.2) is 9.59 Å². The van der Waals surface area contributed by atoms with Gasteiger partial charge >= 0.3 is 11.9 Å². The van der Waals surface area contributed by atoms with E-state index in [4.69, 9.17) is 20.4 Å². The molecule has 0 fully saturated rings. The average Bonchev–Trinajstić information content (AvgIpc) is 2.14. The van der Waals surface area contributed by atoms with Gasteiger partial charge in [0, 0.05) is 0 Å². The lowest BCUT2D eigenvalue weighted by Crippen LogP contribution is -2.34. The second-order valence-corrected chi connectivity index (χ2v) is 2.14. The maximum Gasteiger partial charge on any atom is 0.345 e. The summed E-state index contributed by atoms with van der Waals surface area (Å²) < 4.78 is 3.86. The average molecular weight is 224 g/mol. The van der Waals surface area contributed by atoms with Crippen LogP contribution in [-0.2, 0) is 14.3 Å². The van der Waals surface area contributed by atoms with Gasteiger partial charge in [-0.3, -0.25) is 0 Å². The van der Waals surface area contributed by atoms with Crippen LogP contribution in [0.2, 0.25) is 0 Å². The van der Waals surface area contributed by atoms with E-state index in [2.05, 4.69) is 4.74 Å². The third-order valence-electron chi connectivity index (χ3n) is 1.09. The lowest BCUT2D eigenvalue weighted by Gasteiger charge is -2.08. The highest BCUT2D eigenvalue weighted by Crippen LogP contribution is 1.92. The van der Waals surface area contributed by atoms with Crippen LogP contribution in [-0.4, -0.2) is 75.1 Å². The molecule has 8 heteroatoms. The molecule has 0 aliphatic heterocycles. The molecule has 0 heterocycles. The van der Waals surface area contributed by atoms with E-state index in [0.717, 1.165) is 0 Å². The number of esters is 2. The van der Waals surface area contributed by atoms with Gasteiger partial charge in [0.05, 0.1) is 13.2 Å². The second-order valence-electron chi connectivity index (χ2n) is 2.14. The largest absolute Gasteiger partial charge is 0.393 e. The van der Waals surface area contributed by atoms with Gasteiger partial charge in [0.25, 0.3) is 0 Å². The van der Waals surface area contributed by atoms with Crippen LogP contribution >= 0.6 is 0 Å². The Morgan fingerprint density at radius 3 is 1.50 bits per heavy atom. The molecule has 0 aliphatic rings. The van der Waals surface area contributed by atoms with Crippen LogP contribution in [0.25, 0.3) is 0 Å². The zero-order chi connectivity index (χ0) is 10.4. The van der Waals surface area contributed by atoms with E-state index in [1.165, 1.54) is 0 Å². The van der Waals surface area contributed by atoms with Crippen molar-refractivity contribution in [2.45, 2.75) is 12.2 Å². The molecule has 2 unspecified atom stereocenters. The van der Waals surface area contributed by atoms with E-state index < -0.39 is 37.4 Å². The van der Waals surface area contributed by atoms with Crippen molar-refractivity contribution in [2.75, 3.05) is 13.2 Å². The van der Waals surface area contributed by atoms with Gasteiger partial charge in [-0.05, 0) is 0 Å². The summed E-state index contributed by atoms with van der Waals surface area (Å²) in [7, 11) is 0. The third-order valence-corrected chi connectivity index (χ3v) is 1.09. The topological polar surface area (TPSA) is 124 Å². The molecule has 0 aliphatic carbocycles. The molecular formula is C6H13AlO7. The first-order chi connectivity index (χ1) is 6.02. The Morgan fingerprint density at radius 1 is 1.00 bits per heavy atom. The van der Waals surface area contributed by atoms with Crippen molar-refractivity contribution in [3.63, 3.8) is 0 Å². The molecule has 82 valence electrons. The van der Waals surface area contributed by atoms with E-state index >= 15 is 0 Å². The Bertz CT molecular complexity index is 175. The van der Waals surface area contributed by atoms with Crippen LogP contribution in [0.5, 0.6) is 0 Å². The number of aliphatic hydroxyl groups excluding tert-OH is 4. The minimum Gasteiger partial charge on any atom is -0.393 e. The van der Waals surface area contributed by atoms with Crippen LogP contribution in [0.1, 0.15) is 0 Å². The van der Waals surface area contributed by atoms with Gasteiger partial charge in [-0.15, -0.1) is 0 Å². The van der Waals surface area contributed by atoms with Gasteiger partial charge in [0.1, 0.15) is 0 Å². The van der Waals surface area contributed by atoms with E-state index in [0.29, 0.717) is 0 Å². The quantitative estimate of drug-likeness (QED) is 0.216. The molecule has 0 bridgehead atoms. The van der Waals surface area contributed by atoms with Gasteiger partial charge in [0.2, 0.25) is 0 Å². The van der Waals surface area contributed by atoms with Crippen molar-refractivity contribution in [1.82, 2.24) is 0 Å². The predicted molar refractivity (Wildman–Crippen MR) is 47.2 cm³/mol. The van der Waals surface area contributed by atoms with Crippen LogP contribution in [0, 0.1) is 0 Å². The first kappa shape index (κ1) is 16.0. The molecule has 0 aromatic heterocycles. The second kappa shape index (κ2) is 7.87. The van der Waals surface area contributed by atoms with Crippen LogP contribution in [0.15, 0.2) is 0 Å². The zero-order valence-electron chi connectivity index (χ0n) is 6.58. The van der Waals surface area contributed by atoms with E-state index in [9.17, 15) is 9.59 Å². The smallest absolute Gasteiger partial charge is 0.345 e. The van der Waals surface area contributed by atoms with Gasteiger partial charge in [-0.1, -0.05) is 0 Å². The van der Waals surface area contributed by atoms with E-state index in [1.807, 2.05) is 0 Å². The Hall–Kier alpha value is -0.488. The molecule has 0 saturated heterocycles. The molecule has 7 nitrogen and oxygen atoms in total. The molecule has 0 rings (SSSR count). The standard InChI is InChI=1S/C6H10O7.Al.3H/c7-1-3(9)5(11)13-6(12)4(10)2-8;;;;/h3-4,7-10H,1-2H2;;;;. The van der Waals surface area contributed by atoms with Crippen LogP contribution in [0.3, 0.4) is 0 Å². The molecule has 2 atom stereocenters. The summed E-state index contributed by atoms with van der Waals surface area (Å²) in [5, 5.41) is 33.7. The molecule has 4 N–H and O–H groups in total. The summed E-state index contributed by atoms with van der Waals surface area (Å²) in [5.74, 6) is -2.75. The number of aliphatic hydroxyl groups is 4. The number of carbonyl (C=O) groups is 2. The Balaban J connectivity index is 0. The number of hydrogen-bond donors (Lipinski definition) is 4. The molecule has 0 aromatic rings. The highest BCUT2D eigenvalue weighted by Gasteiger charge is 2.23. The minimum atomic E-state index is -1.82. The van der Waals surface area contributed by atoms with E-state index in [-0.39, 0.29) is 17.4 Å². The van der Waals surface area contributed by atoms with Crippen molar-refractivity contribution in [3.05, 3.63) is 0 Å². The molecule has 0 aromatic carbocycles. The van der Waals surface area contributed by atoms with Crippen molar-refractivity contribution < 1.29 is 34.8 Å². The monoisotopic (exact) mass is 224 g/mol. The van der Waals surface area contributed by atoms with Gasteiger partial charge < -0.3 is 25.2 Å². The Kier molecular flexibility index (Phi) is 8.98. The molecule has 14 heavy (non-hydrogen) atoms. The number of carbonyl (C=O) groups excluding carboxylic acids is 2. The van der Waals surface area contributed by atoms with Crippen LogP contribution < -0.4 is 0 Å². The SMILES string of the molecule is O=C(OC(=O)C(O)CO)C(O)CO.[AlH3]. The first-order valence-electron chi connectivity index (χ1n) is 3.36. The lowest BCUT2D eigenvalue weighted by atomic mass is 10.3. The maximum atomic E-state index is 10.6. The Morgan fingerprint density at radius 2 is 1.29 bits per heavy atom. The summed E-state index contributed by atoms with van der Waals surface area (Å²) in [6.07, 6.45) is -3.65. The van der Waals surface area contributed by atoms with Crippen molar-refractivity contribution in [1.29, 1.82) is 0 Å².